The summed E-state index contributed by atoms with van der Waals surface area (Å²) in [6, 6.07) is 4.44. The summed E-state index contributed by atoms with van der Waals surface area (Å²) >= 11 is 0. The first-order chi connectivity index (χ1) is 9.50. The maximum atomic E-state index is 12.7. The number of nitrogens with zero attached hydrogens (tertiary/aromatic N) is 1. The zero-order chi connectivity index (χ0) is 14.3. The van der Waals surface area contributed by atoms with Crippen LogP contribution in [-0.4, -0.2) is 44.3 Å². The third kappa shape index (κ3) is 2.06. The number of piperazine rings is 1. The van der Waals surface area contributed by atoms with E-state index in [1.807, 2.05) is 0 Å². The summed E-state index contributed by atoms with van der Waals surface area (Å²) in [6.45, 7) is 3.11. The van der Waals surface area contributed by atoms with Gasteiger partial charge in [0.15, 0.2) is 0 Å². The first kappa shape index (κ1) is 13.4. The molecule has 1 aromatic carbocycles. The van der Waals surface area contributed by atoms with Gasteiger partial charge in [0.25, 0.3) is 0 Å². The van der Waals surface area contributed by atoms with Gasteiger partial charge in [-0.3, -0.25) is 4.79 Å². The van der Waals surface area contributed by atoms with E-state index < -0.39 is 16.1 Å². The Kier molecular flexibility index (Phi) is 3.18. The van der Waals surface area contributed by atoms with E-state index in [2.05, 4.69) is 10.6 Å². The smallest absolute Gasteiger partial charge is 0.243 e. The number of fused-ring (bicyclic) bond motifs is 1. The Labute approximate surface area is 118 Å². The Morgan fingerprint density at radius 2 is 2.05 bits per heavy atom. The van der Waals surface area contributed by atoms with Crippen LogP contribution in [0.2, 0.25) is 0 Å². The van der Waals surface area contributed by atoms with Crippen molar-refractivity contribution in [1.82, 2.24) is 9.62 Å². The fourth-order valence-electron chi connectivity index (χ4n) is 2.67. The van der Waals surface area contributed by atoms with Gasteiger partial charge >= 0.3 is 0 Å². The molecule has 0 aliphatic carbocycles. The molecule has 0 saturated carbocycles. The van der Waals surface area contributed by atoms with Gasteiger partial charge in [-0.2, -0.15) is 4.31 Å². The minimum atomic E-state index is -3.62. The molecular weight excluding hydrogens is 278 g/mol. The van der Waals surface area contributed by atoms with Crippen LogP contribution in [0.5, 0.6) is 0 Å². The van der Waals surface area contributed by atoms with Gasteiger partial charge in [0, 0.05) is 25.3 Å². The summed E-state index contributed by atoms with van der Waals surface area (Å²) in [6.07, 6.45) is 0.828. The fourth-order valence-corrected chi connectivity index (χ4v) is 4.31. The molecule has 1 aromatic rings. The summed E-state index contributed by atoms with van der Waals surface area (Å²) in [7, 11) is -3.62. The highest BCUT2D eigenvalue weighted by molar-refractivity contribution is 7.89. The highest BCUT2D eigenvalue weighted by atomic mass is 32.2. The van der Waals surface area contributed by atoms with E-state index in [1.54, 1.807) is 25.1 Å². The SMILES string of the molecule is CC1C(=O)NCCN1S(=O)(=O)c1ccc2c(c1)CCN2. The molecular formula is C13H17N3O3S. The standard InChI is InChI=1S/C13H17N3O3S/c1-9-13(17)15-6-7-16(9)20(18,19)11-2-3-12-10(8-11)4-5-14-12/h2-3,8-9,14H,4-7H2,1H3,(H,15,17). The third-order valence-corrected chi connectivity index (χ3v) is 5.80. The highest BCUT2D eigenvalue weighted by Gasteiger charge is 2.35. The minimum Gasteiger partial charge on any atom is -0.384 e. The fraction of sp³-hybridized carbons (Fsp3) is 0.462. The van der Waals surface area contributed by atoms with Crippen LogP contribution in [0.4, 0.5) is 5.69 Å². The number of hydrogen-bond donors (Lipinski definition) is 2. The van der Waals surface area contributed by atoms with Gasteiger partial charge in [0.05, 0.1) is 4.90 Å². The van der Waals surface area contributed by atoms with Crippen LogP contribution < -0.4 is 10.6 Å². The van der Waals surface area contributed by atoms with Crippen LogP contribution >= 0.6 is 0 Å². The van der Waals surface area contributed by atoms with Crippen molar-refractivity contribution in [3.63, 3.8) is 0 Å². The molecule has 2 aliphatic rings. The predicted molar refractivity (Wildman–Crippen MR) is 75.0 cm³/mol. The summed E-state index contributed by atoms with van der Waals surface area (Å²) in [5.41, 5.74) is 2.01. The normalized spacial score (nSPS) is 23.1. The maximum Gasteiger partial charge on any atom is 0.243 e. The molecule has 2 heterocycles. The highest BCUT2D eigenvalue weighted by Crippen LogP contribution is 2.27. The zero-order valence-corrected chi connectivity index (χ0v) is 12.0. The van der Waals surface area contributed by atoms with Crippen molar-refractivity contribution in [3.8, 4) is 0 Å². The van der Waals surface area contributed by atoms with E-state index in [-0.39, 0.29) is 10.8 Å². The lowest BCUT2D eigenvalue weighted by atomic mass is 10.2. The summed E-state index contributed by atoms with van der Waals surface area (Å²) in [4.78, 5) is 11.9. The Hall–Kier alpha value is -1.60. The number of anilines is 1. The lowest BCUT2D eigenvalue weighted by molar-refractivity contribution is -0.126. The van der Waals surface area contributed by atoms with Gasteiger partial charge in [-0.1, -0.05) is 0 Å². The molecule has 1 amide bonds. The number of sulfonamides is 1. The van der Waals surface area contributed by atoms with E-state index in [0.717, 1.165) is 24.2 Å². The second kappa shape index (κ2) is 4.75. The predicted octanol–water partition coefficient (Wildman–Crippen LogP) is 0.164. The van der Waals surface area contributed by atoms with Crippen molar-refractivity contribution < 1.29 is 13.2 Å². The number of carbonyl (C=O) groups excluding carboxylic acids is 1. The van der Waals surface area contributed by atoms with E-state index in [4.69, 9.17) is 0 Å². The van der Waals surface area contributed by atoms with Crippen LogP contribution in [0, 0.1) is 0 Å². The zero-order valence-electron chi connectivity index (χ0n) is 11.2. The van der Waals surface area contributed by atoms with E-state index in [9.17, 15) is 13.2 Å². The van der Waals surface area contributed by atoms with Crippen LogP contribution in [0.3, 0.4) is 0 Å². The van der Waals surface area contributed by atoms with Crippen molar-refractivity contribution >= 4 is 21.6 Å². The number of carbonyl (C=O) groups is 1. The molecule has 3 rings (SSSR count). The van der Waals surface area contributed by atoms with Gasteiger partial charge in [0.2, 0.25) is 15.9 Å². The van der Waals surface area contributed by atoms with Crippen LogP contribution in [0.1, 0.15) is 12.5 Å². The molecule has 2 N–H and O–H groups in total. The topological polar surface area (TPSA) is 78.5 Å². The molecule has 0 radical (unpaired) electrons. The van der Waals surface area contributed by atoms with Crippen molar-refractivity contribution in [2.24, 2.45) is 0 Å². The maximum absolute atomic E-state index is 12.7. The molecule has 1 saturated heterocycles. The van der Waals surface area contributed by atoms with Gasteiger partial charge in [-0.25, -0.2) is 8.42 Å². The number of hydrogen-bond acceptors (Lipinski definition) is 4. The largest absolute Gasteiger partial charge is 0.384 e. The quantitative estimate of drug-likeness (QED) is 0.815. The molecule has 1 fully saturated rings. The molecule has 108 valence electrons. The number of benzene rings is 1. The minimum absolute atomic E-state index is 0.248. The van der Waals surface area contributed by atoms with Crippen molar-refractivity contribution in [2.75, 3.05) is 25.0 Å². The molecule has 6 nitrogen and oxygen atoms in total. The molecule has 0 aromatic heterocycles. The molecule has 7 heteroatoms. The van der Waals surface area contributed by atoms with Crippen LogP contribution in [0.25, 0.3) is 0 Å². The Bertz CT molecular complexity index is 657. The average molecular weight is 295 g/mol. The van der Waals surface area contributed by atoms with Gasteiger partial charge in [0.1, 0.15) is 6.04 Å². The number of rotatable bonds is 2. The van der Waals surface area contributed by atoms with Crippen molar-refractivity contribution in [3.05, 3.63) is 23.8 Å². The first-order valence-corrected chi connectivity index (χ1v) is 8.10. The first-order valence-electron chi connectivity index (χ1n) is 6.66. The van der Waals surface area contributed by atoms with Crippen LogP contribution in [0.15, 0.2) is 23.1 Å². The molecule has 1 unspecified atom stereocenters. The van der Waals surface area contributed by atoms with Crippen molar-refractivity contribution in [2.45, 2.75) is 24.3 Å². The summed E-state index contributed by atoms with van der Waals surface area (Å²) < 4.78 is 26.6. The lowest BCUT2D eigenvalue weighted by Gasteiger charge is -2.31. The molecule has 0 bridgehead atoms. The van der Waals surface area contributed by atoms with Crippen molar-refractivity contribution in [1.29, 1.82) is 0 Å². The number of nitrogens with one attached hydrogen (secondary N) is 2. The Morgan fingerprint density at radius 3 is 2.85 bits per heavy atom. The second-order valence-corrected chi connectivity index (χ2v) is 6.97. The monoisotopic (exact) mass is 295 g/mol. The van der Waals surface area contributed by atoms with E-state index >= 15 is 0 Å². The second-order valence-electron chi connectivity index (χ2n) is 5.08. The van der Waals surface area contributed by atoms with Gasteiger partial charge in [-0.05, 0) is 37.1 Å². The summed E-state index contributed by atoms with van der Waals surface area (Å²) in [5, 5.41) is 5.87. The number of amides is 1. The molecule has 2 aliphatic heterocycles. The summed E-state index contributed by atoms with van der Waals surface area (Å²) in [5.74, 6) is -0.248. The Balaban J connectivity index is 1.97. The van der Waals surface area contributed by atoms with Crippen LogP contribution in [-0.2, 0) is 21.2 Å². The molecule has 20 heavy (non-hydrogen) atoms. The third-order valence-electron chi connectivity index (χ3n) is 3.84. The van der Waals surface area contributed by atoms with Gasteiger partial charge in [-0.15, -0.1) is 0 Å². The Morgan fingerprint density at radius 1 is 1.25 bits per heavy atom. The van der Waals surface area contributed by atoms with Gasteiger partial charge < -0.3 is 10.6 Å². The van der Waals surface area contributed by atoms with E-state index in [0.29, 0.717) is 13.1 Å². The lowest BCUT2D eigenvalue weighted by Crippen LogP contribution is -2.55. The molecule has 1 atom stereocenters. The average Bonchev–Trinajstić information content (AvgIpc) is 2.89. The molecule has 0 spiro atoms. The van der Waals surface area contributed by atoms with E-state index in [1.165, 1.54) is 4.31 Å².